The molecule has 3 aliphatic rings. The Bertz CT molecular complexity index is 414. The molecular formula is C12H15FO3. The van der Waals surface area contributed by atoms with Crippen molar-refractivity contribution in [3.63, 3.8) is 0 Å². The van der Waals surface area contributed by atoms with Crippen molar-refractivity contribution in [1.82, 2.24) is 0 Å². The predicted molar refractivity (Wildman–Crippen MR) is 54.4 cm³/mol. The molecule has 0 bridgehead atoms. The van der Waals surface area contributed by atoms with Crippen LogP contribution >= 0.6 is 0 Å². The maximum atomic E-state index is 14.2. The standard InChI is InChI=1S/C12H15FO3/c1-10-4-3-8-12(10,15)7(9(14)16-8)5-11(2,13)6-10/h5,8,15H,3-4,6H2,1-2H3/t8-,10-,11-,12+/m1/s1. The zero-order valence-corrected chi connectivity index (χ0v) is 9.42. The van der Waals surface area contributed by atoms with E-state index in [9.17, 15) is 14.3 Å². The van der Waals surface area contributed by atoms with Crippen molar-refractivity contribution in [2.75, 3.05) is 0 Å². The molecule has 4 heteroatoms. The Hall–Kier alpha value is -0.900. The summed E-state index contributed by atoms with van der Waals surface area (Å²) < 4.78 is 19.3. The van der Waals surface area contributed by atoms with E-state index >= 15 is 0 Å². The Kier molecular flexibility index (Phi) is 1.61. The fourth-order valence-corrected chi connectivity index (χ4v) is 3.74. The minimum Gasteiger partial charge on any atom is -0.455 e. The quantitative estimate of drug-likeness (QED) is 0.637. The number of hydrogen-bond donors (Lipinski definition) is 1. The first-order valence-electron chi connectivity index (χ1n) is 5.64. The highest BCUT2D eigenvalue weighted by molar-refractivity contribution is 5.95. The number of aliphatic hydroxyl groups is 1. The lowest BCUT2D eigenvalue weighted by Crippen LogP contribution is -2.53. The Labute approximate surface area is 93.3 Å². The maximum absolute atomic E-state index is 14.2. The van der Waals surface area contributed by atoms with Gasteiger partial charge in [-0.2, -0.15) is 0 Å². The third-order valence-corrected chi connectivity index (χ3v) is 4.41. The average molecular weight is 226 g/mol. The number of ether oxygens (including phenoxy) is 1. The molecular weight excluding hydrogens is 211 g/mol. The molecule has 2 fully saturated rings. The van der Waals surface area contributed by atoms with Crippen LogP contribution in [0.3, 0.4) is 0 Å². The Morgan fingerprint density at radius 1 is 1.56 bits per heavy atom. The third-order valence-electron chi connectivity index (χ3n) is 4.41. The molecule has 0 amide bonds. The van der Waals surface area contributed by atoms with E-state index in [1.807, 2.05) is 6.92 Å². The molecule has 0 spiro atoms. The van der Waals surface area contributed by atoms with E-state index in [0.29, 0.717) is 12.8 Å². The normalized spacial score (nSPS) is 54.6. The van der Waals surface area contributed by atoms with Crippen LogP contribution in [0.4, 0.5) is 4.39 Å². The van der Waals surface area contributed by atoms with Crippen LogP contribution in [-0.2, 0) is 9.53 Å². The Balaban J connectivity index is 2.23. The topological polar surface area (TPSA) is 46.5 Å². The molecule has 88 valence electrons. The summed E-state index contributed by atoms with van der Waals surface area (Å²) in [5.41, 5.74) is -3.25. The van der Waals surface area contributed by atoms with Gasteiger partial charge >= 0.3 is 5.97 Å². The zero-order chi connectivity index (χ0) is 11.8. The van der Waals surface area contributed by atoms with Crippen LogP contribution in [0.15, 0.2) is 11.6 Å². The first-order chi connectivity index (χ1) is 7.29. The second-order valence-corrected chi connectivity index (χ2v) is 5.77. The number of halogens is 1. The van der Waals surface area contributed by atoms with Gasteiger partial charge in [0.1, 0.15) is 17.4 Å². The van der Waals surface area contributed by atoms with Gasteiger partial charge in [-0.1, -0.05) is 6.92 Å². The summed E-state index contributed by atoms with van der Waals surface area (Å²) in [7, 11) is 0. The molecule has 3 nitrogen and oxygen atoms in total. The first-order valence-corrected chi connectivity index (χ1v) is 5.64. The van der Waals surface area contributed by atoms with E-state index in [0.717, 1.165) is 0 Å². The van der Waals surface area contributed by atoms with Gasteiger partial charge < -0.3 is 9.84 Å². The summed E-state index contributed by atoms with van der Waals surface area (Å²) >= 11 is 0. The Morgan fingerprint density at radius 3 is 2.94 bits per heavy atom. The minimum atomic E-state index is -1.53. The summed E-state index contributed by atoms with van der Waals surface area (Å²) in [5, 5.41) is 10.7. The van der Waals surface area contributed by atoms with Crippen molar-refractivity contribution in [2.24, 2.45) is 5.41 Å². The van der Waals surface area contributed by atoms with E-state index in [2.05, 4.69) is 0 Å². The van der Waals surface area contributed by atoms with Gasteiger partial charge in [-0.3, -0.25) is 0 Å². The summed E-state index contributed by atoms with van der Waals surface area (Å²) in [6, 6.07) is 0. The average Bonchev–Trinajstić information content (AvgIpc) is 2.51. The number of alkyl halides is 1. The second kappa shape index (κ2) is 2.50. The van der Waals surface area contributed by atoms with Crippen LogP contribution in [0.1, 0.15) is 33.1 Å². The van der Waals surface area contributed by atoms with Crippen LogP contribution in [0.5, 0.6) is 0 Å². The van der Waals surface area contributed by atoms with Crippen molar-refractivity contribution >= 4 is 5.97 Å². The largest absolute Gasteiger partial charge is 0.455 e. The predicted octanol–water partition coefficient (Wildman–Crippen LogP) is 1.50. The molecule has 2 aliphatic carbocycles. The lowest BCUT2D eigenvalue weighted by molar-refractivity contribution is -0.141. The SMILES string of the molecule is C[C@@]12CC[C@H]3OC(=O)C(=C[C@@](C)(F)C1)[C@]32O. The first kappa shape index (κ1) is 10.3. The van der Waals surface area contributed by atoms with Gasteiger partial charge in [0.2, 0.25) is 0 Å². The van der Waals surface area contributed by atoms with Gasteiger partial charge in [-0.25, -0.2) is 9.18 Å². The zero-order valence-electron chi connectivity index (χ0n) is 9.42. The summed E-state index contributed by atoms with van der Waals surface area (Å²) in [6.07, 6.45) is 2.33. The molecule has 3 rings (SSSR count). The number of esters is 1. The van der Waals surface area contributed by atoms with Crippen molar-refractivity contribution in [3.05, 3.63) is 11.6 Å². The van der Waals surface area contributed by atoms with Gasteiger partial charge in [0.15, 0.2) is 0 Å². The molecule has 4 atom stereocenters. The smallest absolute Gasteiger partial charge is 0.337 e. The molecule has 1 heterocycles. The summed E-state index contributed by atoms with van der Waals surface area (Å²) in [6.45, 7) is 3.30. The molecule has 16 heavy (non-hydrogen) atoms. The second-order valence-electron chi connectivity index (χ2n) is 5.77. The summed E-state index contributed by atoms with van der Waals surface area (Å²) in [5.74, 6) is -0.554. The lowest BCUT2D eigenvalue weighted by atomic mass is 9.62. The van der Waals surface area contributed by atoms with Crippen LogP contribution in [0.25, 0.3) is 0 Å². The van der Waals surface area contributed by atoms with E-state index in [4.69, 9.17) is 4.74 Å². The summed E-state index contributed by atoms with van der Waals surface area (Å²) in [4.78, 5) is 11.6. The van der Waals surface area contributed by atoms with Crippen molar-refractivity contribution in [3.8, 4) is 0 Å². The Morgan fingerprint density at radius 2 is 2.25 bits per heavy atom. The molecule has 0 aromatic heterocycles. The highest BCUT2D eigenvalue weighted by atomic mass is 19.1. The fourth-order valence-electron chi connectivity index (χ4n) is 3.74. The molecule has 0 aromatic rings. The number of allylic oxidation sites excluding steroid dienone is 1. The van der Waals surface area contributed by atoms with Gasteiger partial charge in [-0.15, -0.1) is 0 Å². The van der Waals surface area contributed by atoms with Crippen LogP contribution in [0, 0.1) is 5.41 Å². The van der Waals surface area contributed by atoms with E-state index in [1.165, 1.54) is 13.0 Å². The lowest BCUT2D eigenvalue weighted by Gasteiger charge is -2.44. The number of rotatable bonds is 0. The highest BCUT2D eigenvalue weighted by Gasteiger charge is 2.69. The fraction of sp³-hybridized carbons (Fsp3) is 0.750. The van der Waals surface area contributed by atoms with Crippen molar-refractivity contribution in [1.29, 1.82) is 0 Å². The molecule has 0 radical (unpaired) electrons. The molecule has 1 N–H and O–H groups in total. The van der Waals surface area contributed by atoms with Gasteiger partial charge in [-0.05, 0) is 32.3 Å². The van der Waals surface area contributed by atoms with E-state index in [1.54, 1.807) is 0 Å². The number of hydrogen-bond acceptors (Lipinski definition) is 3. The molecule has 1 saturated carbocycles. The third kappa shape index (κ3) is 0.943. The molecule has 0 aromatic carbocycles. The van der Waals surface area contributed by atoms with Gasteiger partial charge in [0.05, 0.1) is 5.57 Å². The maximum Gasteiger partial charge on any atom is 0.337 e. The van der Waals surface area contributed by atoms with E-state index < -0.39 is 28.8 Å². The molecule has 0 unspecified atom stereocenters. The minimum absolute atomic E-state index is 0.133. The van der Waals surface area contributed by atoms with Gasteiger partial charge in [0, 0.05) is 5.41 Å². The monoisotopic (exact) mass is 226 g/mol. The van der Waals surface area contributed by atoms with Crippen molar-refractivity contribution in [2.45, 2.75) is 50.5 Å². The van der Waals surface area contributed by atoms with E-state index in [-0.39, 0.29) is 12.0 Å². The molecule has 1 aliphatic heterocycles. The van der Waals surface area contributed by atoms with Crippen LogP contribution in [-0.4, -0.2) is 28.4 Å². The van der Waals surface area contributed by atoms with Crippen LogP contribution in [0.2, 0.25) is 0 Å². The van der Waals surface area contributed by atoms with Crippen LogP contribution < -0.4 is 0 Å². The van der Waals surface area contributed by atoms with Crippen molar-refractivity contribution < 1.29 is 19.0 Å². The van der Waals surface area contributed by atoms with Gasteiger partial charge in [0.25, 0.3) is 0 Å². The number of carbonyl (C=O) groups excluding carboxylic acids is 1. The number of carbonyl (C=O) groups is 1. The highest BCUT2D eigenvalue weighted by Crippen LogP contribution is 2.61. The molecule has 1 saturated heterocycles.